The number of carbonyl (C=O) groups excluding carboxylic acids is 1. The summed E-state index contributed by atoms with van der Waals surface area (Å²) in [5.41, 5.74) is 12.2. The maximum absolute atomic E-state index is 14.1. The average molecular weight is 392 g/mol. The van der Waals surface area contributed by atoms with Gasteiger partial charge in [0.1, 0.15) is 12.1 Å². The lowest BCUT2D eigenvalue weighted by Gasteiger charge is -2.13. The van der Waals surface area contributed by atoms with Crippen LogP contribution in [0.1, 0.15) is 11.1 Å². The van der Waals surface area contributed by atoms with Crippen LogP contribution in [0.25, 0.3) is 0 Å². The number of benzene rings is 2. The number of nitrogens with two attached hydrogens (primary N) is 2. The van der Waals surface area contributed by atoms with Crippen LogP contribution in [0.4, 0.5) is 4.39 Å². The van der Waals surface area contributed by atoms with Crippen molar-refractivity contribution in [1.82, 2.24) is 0 Å². The van der Waals surface area contributed by atoms with E-state index in [1.165, 1.54) is 31.4 Å². The van der Waals surface area contributed by atoms with Crippen molar-refractivity contribution in [1.29, 1.82) is 0 Å². The minimum absolute atomic E-state index is 0.0489. The van der Waals surface area contributed by atoms with E-state index in [0.717, 1.165) is 6.07 Å². The van der Waals surface area contributed by atoms with Crippen LogP contribution in [0.3, 0.4) is 0 Å². The van der Waals surface area contributed by atoms with E-state index in [2.05, 4.69) is 0 Å². The van der Waals surface area contributed by atoms with Gasteiger partial charge in [0.2, 0.25) is 0 Å². The van der Waals surface area contributed by atoms with Crippen molar-refractivity contribution in [3.8, 4) is 17.2 Å². The topological polar surface area (TPSA) is 145 Å². The van der Waals surface area contributed by atoms with E-state index in [9.17, 15) is 19.1 Å². The highest BCUT2D eigenvalue weighted by Gasteiger charge is 2.20. The summed E-state index contributed by atoms with van der Waals surface area (Å²) in [5.74, 6) is -3.02. The summed E-state index contributed by atoms with van der Waals surface area (Å²) >= 11 is 0. The molecule has 2 atom stereocenters. The first-order chi connectivity index (χ1) is 13.2. The Morgan fingerprint density at radius 1 is 1.04 bits per heavy atom. The predicted molar refractivity (Wildman–Crippen MR) is 97.7 cm³/mol. The Hall–Kier alpha value is -3.17. The van der Waals surface area contributed by atoms with Gasteiger partial charge in [-0.1, -0.05) is 12.1 Å². The molecule has 0 heterocycles. The molecule has 0 radical (unpaired) electrons. The Morgan fingerprint density at radius 2 is 1.64 bits per heavy atom. The van der Waals surface area contributed by atoms with Crippen LogP contribution in [0.2, 0.25) is 0 Å². The van der Waals surface area contributed by atoms with Gasteiger partial charge in [-0.15, -0.1) is 0 Å². The SMILES string of the molecule is COc1cc(C[C@H](N)C(=O)Oc2ccc(CC(N)C(=O)O)cc2F)ccc1O. The number of ether oxygens (including phenoxy) is 2. The molecule has 0 aliphatic heterocycles. The second-order valence-electron chi connectivity index (χ2n) is 6.15. The number of phenolic OH excluding ortho intramolecular Hbond substituents is 1. The standard InChI is InChI=1S/C19H21FN2O6/c1-27-17-9-11(2-4-15(17)23)8-14(22)19(26)28-16-5-3-10(6-12(16)20)7-13(21)18(24)25/h2-6,9,13-14,23H,7-8,21-22H2,1H3,(H,24,25)/t13?,14-/m0/s1. The summed E-state index contributed by atoms with van der Waals surface area (Å²) in [6.07, 6.45) is 0.0192. The summed E-state index contributed by atoms with van der Waals surface area (Å²) in [4.78, 5) is 22.9. The zero-order valence-corrected chi connectivity index (χ0v) is 15.1. The number of aromatic hydroxyl groups is 1. The molecule has 2 aromatic carbocycles. The molecule has 0 aliphatic rings. The van der Waals surface area contributed by atoms with Gasteiger partial charge < -0.3 is 31.2 Å². The van der Waals surface area contributed by atoms with Gasteiger partial charge in [-0.05, 0) is 48.2 Å². The lowest BCUT2D eigenvalue weighted by molar-refractivity contribution is -0.138. The molecule has 9 heteroatoms. The van der Waals surface area contributed by atoms with E-state index in [1.807, 2.05) is 0 Å². The molecule has 0 saturated carbocycles. The largest absolute Gasteiger partial charge is 0.504 e. The van der Waals surface area contributed by atoms with Crippen molar-refractivity contribution in [2.24, 2.45) is 11.5 Å². The molecule has 28 heavy (non-hydrogen) atoms. The summed E-state index contributed by atoms with van der Waals surface area (Å²) in [7, 11) is 1.39. The first-order valence-electron chi connectivity index (χ1n) is 8.31. The fourth-order valence-corrected chi connectivity index (χ4v) is 2.47. The molecule has 0 spiro atoms. The van der Waals surface area contributed by atoms with Gasteiger partial charge in [-0.25, -0.2) is 9.18 Å². The number of phenols is 1. The van der Waals surface area contributed by atoms with Gasteiger partial charge in [-0.3, -0.25) is 4.79 Å². The maximum Gasteiger partial charge on any atom is 0.328 e. The van der Waals surface area contributed by atoms with Gasteiger partial charge in [0, 0.05) is 0 Å². The van der Waals surface area contributed by atoms with Crippen molar-refractivity contribution in [2.45, 2.75) is 24.9 Å². The smallest absolute Gasteiger partial charge is 0.328 e. The van der Waals surface area contributed by atoms with E-state index in [4.69, 9.17) is 26.0 Å². The van der Waals surface area contributed by atoms with Crippen molar-refractivity contribution in [3.05, 3.63) is 53.3 Å². The third kappa shape index (κ3) is 5.41. The van der Waals surface area contributed by atoms with E-state index < -0.39 is 29.8 Å². The van der Waals surface area contributed by atoms with Crippen LogP contribution in [0.15, 0.2) is 36.4 Å². The van der Waals surface area contributed by atoms with Gasteiger partial charge in [-0.2, -0.15) is 0 Å². The molecule has 1 unspecified atom stereocenters. The number of hydrogen-bond donors (Lipinski definition) is 4. The number of halogens is 1. The van der Waals surface area contributed by atoms with E-state index in [0.29, 0.717) is 11.1 Å². The van der Waals surface area contributed by atoms with E-state index in [-0.39, 0.29) is 30.1 Å². The molecule has 0 saturated heterocycles. The molecule has 2 rings (SSSR count). The van der Waals surface area contributed by atoms with Crippen LogP contribution in [0.5, 0.6) is 17.2 Å². The number of esters is 1. The predicted octanol–water partition coefficient (Wildman–Crippen LogP) is 0.970. The maximum atomic E-state index is 14.1. The van der Waals surface area contributed by atoms with Crippen LogP contribution in [-0.4, -0.2) is 41.3 Å². The highest BCUT2D eigenvalue weighted by atomic mass is 19.1. The highest BCUT2D eigenvalue weighted by molar-refractivity contribution is 5.78. The Labute approximate surface area is 160 Å². The fraction of sp³-hybridized carbons (Fsp3) is 0.263. The molecule has 150 valence electrons. The Bertz CT molecular complexity index is 873. The second kappa shape index (κ2) is 9.16. The molecule has 0 fully saturated rings. The number of carbonyl (C=O) groups is 2. The van der Waals surface area contributed by atoms with Gasteiger partial charge >= 0.3 is 11.9 Å². The normalized spacial score (nSPS) is 12.9. The molecular formula is C19H21FN2O6. The van der Waals surface area contributed by atoms with Crippen molar-refractivity contribution in [2.75, 3.05) is 7.11 Å². The Morgan fingerprint density at radius 3 is 2.25 bits per heavy atom. The van der Waals surface area contributed by atoms with Crippen molar-refractivity contribution >= 4 is 11.9 Å². The molecule has 0 aliphatic carbocycles. The lowest BCUT2D eigenvalue weighted by atomic mass is 10.1. The number of carboxylic acid groups (broad SMARTS) is 1. The molecule has 2 aromatic rings. The molecule has 0 bridgehead atoms. The lowest BCUT2D eigenvalue weighted by Crippen LogP contribution is -2.36. The van der Waals surface area contributed by atoms with Gasteiger partial charge in [0.15, 0.2) is 23.1 Å². The highest BCUT2D eigenvalue weighted by Crippen LogP contribution is 2.27. The summed E-state index contributed by atoms with van der Waals surface area (Å²) in [5, 5.41) is 18.4. The first kappa shape index (κ1) is 21.1. The average Bonchev–Trinajstić information content (AvgIpc) is 2.65. The second-order valence-corrected chi connectivity index (χ2v) is 6.15. The van der Waals surface area contributed by atoms with Gasteiger partial charge in [0.25, 0.3) is 0 Å². The zero-order chi connectivity index (χ0) is 20.8. The minimum Gasteiger partial charge on any atom is -0.504 e. The molecule has 0 aromatic heterocycles. The first-order valence-corrected chi connectivity index (χ1v) is 8.31. The zero-order valence-electron chi connectivity index (χ0n) is 15.1. The fourth-order valence-electron chi connectivity index (χ4n) is 2.47. The summed E-state index contributed by atoms with van der Waals surface area (Å²) < 4.78 is 24.1. The van der Waals surface area contributed by atoms with E-state index >= 15 is 0 Å². The number of hydrogen-bond acceptors (Lipinski definition) is 7. The van der Waals surface area contributed by atoms with Crippen LogP contribution in [0, 0.1) is 5.82 Å². The molecule has 6 N–H and O–H groups in total. The van der Waals surface area contributed by atoms with Crippen LogP contribution >= 0.6 is 0 Å². The molecule has 8 nitrogen and oxygen atoms in total. The van der Waals surface area contributed by atoms with Crippen molar-refractivity contribution < 1.29 is 33.7 Å². The van der Waals surface area contributed by atoms with E-state index in [1.54, 1.807) is 6.07 Å². The number of carboxylic acids is 1. The number of rotatable bonds is 8. The van der Waals surface area contributed by atoms with Crippen LogP contribution in [-0.2, 0) is 22.4 Å². The Balaban J connectivity index is 2.02. The number of methoxy groups -OCH3 is 1. The minimum atomic E-state index is -1.20. The summed E-state index contributed by atoms with van der Waals surface area (Å²) in [6.45, 7) is 0. The van der Waals surface area contributed by atoms with Crippen LogP contribution < -0.4 is 20.9 Å². The molecular weight excluding hydrogens is 371 g/mol. The van der Waals surface area contributed by atoms with Gasteiger partial charge in [0.05, 0.1) is 7.11 Å². The summed E-state index contributed by atoms with van der Waals surface area (Å²) in [6, 6.07) is 5.97. The molecule has 0 amide bonds. The monoisotopic (exact) mass is 392 g/mol. The van der Waals surface area contributed by atoms with Crippen molar-refractivity contribution in [3.63, 3.8) is 0 Å². The third-order valence-corrected chi connectivity index (χ3v) is 3.98. The third-order valence-electron chi connectivity index (χ3n) is 3.98. The number of aliphatic carboxylic acids is 1. The quantitative estimate of drug-likeness (QED) is 0.384. The Kier molecular flexibility index (Phi) is 6.91.